The molecule has 0 aliphatic carbocycles. The van der Waals surface area contributed by atoms with Gasteiger partial charge in [0.15, 0.2) is 5.79 Å². The van der Waals surface area contributed by atoms with Crippen molar-refractivity contribution in [1.29, 1.82) is 0 Å². The van der Waals surface area contributed by atoms with Crippen molar-refractivity contribution in [3.05, 3.63) is 48.6 Å². The van der Waals surface area contributed by atoms with Gasteiger partial charge in [0, 0.05) is 18.9 Å². The normalized spacial score (nSPS) is 17.6. The van der Waals surface area contributed by atoms with E-state index in [4.69, 9.17) is 15.2 Å². The molecule has 0 aromatic rings. The Morgan fingerprint density at radius 3 is 1.31 bits per heavy atom. The summed E-state index contributed by atoms with van der Waals surface area (Å²) in [5.41, 5.74) is 6.36. The van der Waals surface area contributed by atoms with Gasteiger partial charge in [-0.3, -0.25) is 0 Å². The first-order valence-corrected chi connectivity index (χ1v) is 19.8. The molecule has 262 valence electrons. The molecule has 1 rings (SSSR count). The van der Waals surface area contributed by atoms with Crippen molar-refractivity contribution >= 4 is 0 Å². The van der Waals surface area contributed by atoms with E-state index >= 15 is 0 Å². The van der Waals surface area contributed by atoms with E-state index in [1.165, 1.54) is 141 Å². The summed E-state index contributed by atoms with van der Waals surface area (Å²) in [7, 11) is 0. The van der Waals surface area contributed by atoms with Crippen LogP contribution >= 0.6 is 0 Å². The van der Waals surface area contributed by atoms with E-state index in [0.29, 0.717) is 6.61 Å². The smallest absolute Gasteiger partial charge is 0.168 e. The number of hydrogen-bond donors (Lipinski definition) is 1. The second kappa shape index (κ2) is 31.4. The fraction of sp³-hybridized carbons (Fsp3) is 0.810. The molecule has 1 saturated heterocycles. The zero-order valence-electron chi connectivity index (χ0n) is 30.5. The van der Waals surface area contributed by atoms with Gasteiger partial charge >= 0.3 is 0 Å². The molecule has 3 heteroatoms. The Labute approximate surface area is 282 Å². The van der Waals surface area contributed by atoms with E-state index in [0.717, 1.165) is 32.1 Å². The van der Waals surface area contributed by atoms with Crippen LogP contribution < -0.4 is 5.73 Å². The molecule has 0 spiro atoms. The number of allylic oxidation sites excluding steroid dienone is 8. The van der Waals surface area contributed by atoms with Crippen LogP contribution in [-0.4, -0.2) is 24.5 Å². The Balaban J connectivity index is 2.14. The lowest BCUT2D eigenvalue weighted by atomic mass is 9.98. The Hall–Kier alpha value is -1.16. The number of ether oxygens (including phenoxy) is 2. The van der Waals surface area contributed by atoms with Gasteiger partial charge in [-0.25, -0.2) is 0 Å². The van der Waals surface area contributed by atoms with Crippen LogP contribution in [0.4, 0.5) is 0 Å². The summed E-state index contributed by atoms with van der Waals surface area (Å²) in [5.74, 6) is -0.387. The molecular weight excluding hydrogens is 550 g/mol. The molecule has 2 N–H and O–H groups in total. The van der Waals surface area contributed by atoms with Crippen molar-refractivity contribution in [1.82, 2.24) is 0 Å². The summed E-state index contributed by atoms with van der Waals surface area (Å²) in [6, 6.07) is 0.0820. The van der Waals surface area contributed by atoms with E-state index in [1.807, 2.05) is 0 Å². The summed E-state index contributed by atoms with van der Waals surface area (Å²) in [4.78, 5) is 0. The maximum absolute atomic E-state index is 6.58. The minimum Gasteiger partial charge on any atom is -0.347 e. The standard InChI is InChI=1S/C42H77NO2/c1-4-7-9-11-13-15-17-19-21-23-25-27-29-31-33-35-37-42(44-39-41(45-42)40(43)6-3)38-36-34-32-30-28-26-24-22-20-18-16-14-12-10-8-5-2/h13-16,19-22,40-41H,4-12,17-18,23-39,43H2,1-3H3/b15-13-,16-14-,21-19-,22-20-. The van der Waals surface area contributed by atoms with E-state index in [-0.39, 0.29) is 17.9 Å². The Morgan fingerprint density at radius 2 is 0.911 bits per heavy atom. The van der Waals surface area contributed by atoms with Gasteiger partial charge in [0.05, 0.1) is 12.7 Å². The third kappa shape index (κ3) is 24.6. The summed E-state index contributed by atoms with van der Waals surface area (Å²) in [6.45, 7) is 7.35. The van der Waals surface area contributed by atoms with Gasteiger partial charge in [-0.2, -0.15) is 0 Å². The lowest BCUT2D eigenvalue weighted by molar-refractivity contribution is -0.181. The molecular formula is C42H77NO2. The second-order valence-corrected chi connectivity index (χ2v) is 13.6. The van der Waals surface area contributed by atoms with Gasteiger partial charge < -0.3 is 15.2 Å². The minimum atomic E-state index is -0.387. The van der Waals surface area contributed by atoms with E-state index < -0.39 is 0 Å². The van der Waals surface area contributed by atoms with Gasteiger partial charge in [-0.05, 0) is 83.5 Å². The van der Waals surface area contributed by atoms with Crippen LogP contribution in [0.2, 0.25) is 0 Å². The van der Waals surface area contributed by atoms with Gasteiger partial charge in [0.1, 0.15) is 0 Å². The highest BCUT2D eigenvalue weighted by Gasteiger charge is 2.42. The zero-order valence-corrected chi connectivity index (χ0v) is 30.5. The maximum atomic E-state index is 6.58. The Morgan fingerprint density at radius 1 is 0.533 bits per heavy atom. The molecule has 1 fully saturated rings. The van der Waals surface area contributed by atoms with Gasteiger partial charge in [-0.15, -0.1) is 0 Å². The fourth-order valence-corrected chi connectivity index (χ4v) is 6.20. The first-order valence-electron chi connectivity index (χ1n) is 19.8. The quantitative estimate of drug-likeness (QED) is 0.0596. The lowest BCUT2D eigenvalue weighted by Gasteiger charge is -2.29. The molecule has 1 heterocycles. The van der Waals surface area contributed by atoms with Crippen molar-refractivity contribution in [2.75, 3.05) is 6.61 Å². The van der Waals surface area contributed by atoms with Crippen LogP contribution in [0.25, 0.3) is 0 Å². The highest BCUT2D eigenvalue weighted by atomic mass is 16.7. The van der Waals surface area contributed by atoms with Crippen LogP contribution in [0.5, 0.6) is 0 Å². The summed E-state index contributed by atoms with van der Waals surface area (Å²) >= 11 is 0. The fourth-order valence-electron chi connectivity index (χ4n) is 6.20. The molecule has 2 unspecified atom stereocenters. The average molecular weight is 628 g/mol. The van der Waals surface area contributed by atoms with Crippen LogP contribution in [0.3, 0.4) is 0 Å². The average Bonchev–Trinajstić information content (AvgIpc) is 3.48. The molecule has 3 nitrogen and oxygen atoms in total. The van der Waals surface area contributed by atoms with Gasteiger partial charge in [0.2, 0.25) is 0 Å². The maximum Gasteiger partial charge on any atom is 0.168 e. The van der Waals surface area contributed by atoms with Gasteiger partial charge in [0.25, 0.3) is 0 Å². The summed E-state index contributed by atoms with van der Waals surface area (Å²) in [6.07, 6.45) is 52.5. The molecule has 0 saturated carbocycles. The molecule has 0 bridgehead atoms. The second-order valence-electron chi connectivity index (χ2n) is 13.6. The minimum absolute atomic E-state index is 0.0595. The predicted octanol–water partition coefficient (Wildman–Crippen LogP) is 13.2. The Bertz CT molecular complexity index is 691. The summed E-state index contributed by atoms with van der Waals surface area (Å²) < 4.78 is 13.0. The summed E-state index contributed by atoms with van der Waals surface area (Å²) in [5, 5.41) is 0. The number of unbranched alkanes of at least 4 members (excludes halogenated alkanes) is 18. The van der Waals surface area contributed by atoms with Crippen molar-refractivity contribution in [2.24, 2.45) is 5.73 Å². The first kappa shape index (κ1) is 41.9. The predicted molar refractivity (Wildman–Crippen MR) is 200 cm³/mol. The largest absolute Gasteiger partial charge is 0.347 e. The molecule has 1 aliphatic rings. The molecule has 0 radical (unpaired) electrons. The lowest BCUT2D eigenvalue weighted by Crippen LogP contribution is -2.38. The van der Waals surface area contributed by atoms with Crippen molar-refractivity contribution < 1.29 is 9.47 Å². The van der Waals surface area contributed by atoms with E-state index in [9.17, 15) is 0 Å². The monoisotopic (exact) mass is 628 g/mol. The van der Waals surface area contributed by atoms with Crippen LogP contribution in [0.15, 0.2) is 48.6 Å². The third-order valence-corrected chi connectivity index (χ3v) is 9.34. The number of rotatable bonds is 32. The topological polar surface area (TPSA) is 44.5 Å². The molecule has 0 aromatic carbocycles. The highest BCUT2D eigenvalue weighted by Crippen LogP contribution is 2.35. The van der Waals surface area contributed by atoms with Gasteiger partial charge in [-0.1, -0.05) is 146 Å². The third-order valence-electron chi connectivity index (χ3n) is 9.34. The first-order chi connectivity index (χ1) is 22.2. The molecule has 2 atom stereocenters. The molecule has 0 aromatic heterocycles. The van der Waals surface area contributed by atoms with Crippen molar-refractivity contribution in [3.8, 4) is 0 Å². The Kier molecular flexibility index (Phi) is 29.2. The SMILES string of the molecule is CCCCC/C=C\C/C=C\CCCCCCCCC1(CCCCCCCC/C=C\C/C=C\CCCCC)OCC(C(N)CC)O1. The highest BCUT2D eigenvalue weighted by molar-refractivity contribution is 4.93. The van der Waals surface area contributed by atoms with Crippen molar-refractivity contribution in [2.45, 2.75) is 212 Å². The zero-order chi connectivity index (χ0) is 32.5. The van der Waals surface area contributed by atoms with E-state index in [2.05, 4.69) is 69.4 Å². The van der Waals surface area contributed by atoms with Crippen molar-refractivity contribution in [3.63, 3.8) is 0 Å². The number of hydrogen-bond acceptors (Lipinski definition) is 3. The molecule has 45 heavy (non-hydrogen) atoms. The van der Waals surface area contributed by atoms with Crippen LogP contribution in [-0.2, 0) is 9.47 Å². The van der Waals surface area contributed by atoms with Crippen LogP contribution in [0.1, 0.15) is 194 Å². The molecule has 0 amide bonds. The van der Waals surface area contributed by atoms with Crippen LogP contribution in [0, 0.1) is 0 Å². The molecule has 1 aliphatic heterocycles. The number of nitrogens with two attached hydrogens (primary N) is 1. The van der Waals surface area contributed by atoms with E-state index in [1.54, 1.807) is 0 Å².